The van der Waals surface area contributed by atoms with Gasteiger partial charge >= 0.3 is 0 Å². The molecule has 0 radical (unpaired) electrons. The van der Waals surface area contributed by atoms with Crippen LogP contribution < -0.4 is 14.8 Å². The van der Waals surface area contributed by atoms with E-state index >= 15 is 0 Å². The monoisotopic (exact) mass is 307 g/mol. The fraction of sp³-hybridized carbons (Fsp3) is 0.333. The molecule has 112 valence electrons. The van der Waals surface area contributed by atoms with E-state index in [9.17, 15) is 0 Å². The predicted octanol–water partition coefficient (Wildman–Crippen LogP) is 2.84. The SMILES string of the molecule is CNCc1cc(C)nc(-c2cc(Cl)c(OC)c(OC)c2)n1. The molecule has 0 fully saturated rings. The normalized spacial score (nSPS) is 10.5. The number of aromatic nitrogens is 2. The van der Waals surface area contributed by atoms with Gasteiger partial charge in [-0.2, -0.15) is 0 Å². The number of aryl methyl sites for hydroxylation is 1. The van der Waals surface area contributed by atoms with Crippen molar-refractivity contribution in [2.45, 2.75) is 13.5 Å². The Morgan fingerprint density at radius 1 is 1.14 bits per heavy atom. The molecule has 0 amide bonds. The summed E-state index contributed by atoms with van der Waals surface area (Å²) in [5.74, 6) is 1.68. The fourth-order valence-electron chi connectivity index (χ4n) is 2.08. The summed E-state index contributed by atoms with van der Waals surface area (Å²) in [6, 6.07) is 5.55. The number of rotatable bonds is 5. The summed E-state index contributed by atoms with van der Waals surface area (Å²) < 4.78 is 10.5. The van der Waals surface area contributed by atoms with Gasteiger partial charge in [-0.3, -0.25) is 0 Å². The Morgan fingerprint density at radius 3 is 2.52 bits per heavy atom. The minimum absolute atomic E-state index is 0.465. The number of methoxy groups -OCH3 is 2. The summed E-state index contributed by atoms with van der Waals surface area (Å²) in [6.45, 7) is 2.62. The fourth-order valence-corrected chi connectivity index (χ4v) is 2.37. The lowest BCUT2D eigenvalue weighted by atomic mass is 10.1. The molecule has 21 heavy (non-hydrogen) atoms. The summed E-state index contributed by atoms with van der Waals surface area (Å²) in [5, 5.41) is 3.55. The van der Waals surface area contributed by atoms with Gasteiger partial charge in [0.25, 0.3) is 0 Å². The van der Waals surface area contributed by atoms with Crippen LogP contribution in [0.4, 0.5) is 0 Å². The molecule has 2 aromatic rings. The van der Waals surface area contributed by atoms with Gasteiger partial charge in [-0.25, -0.2) is 9.97 Å². The molecule has 0 saturated carbocycles. The van der Waals surface area contributed by atoms with E-state index in [4.69, 9.17) is 21.1 Å². The van der Waals surface area contributed by atoms with E-state index in [1.54, 1.807) is 20.3 Å². The predicted molar refractivity (Wildman–Crippen MR) is 83.1 cm³/mol. The largest absolute Gasteiger partial charge is 0.493 e. The highest BCUT2D eigenvalue weighted by atomic mass is 35.5. The molecule has 1 aromatic heterocycles. The smallest absolute Gasteiger partial charge is 0.179 e. The molecule has 0 unspecified atom stereocenters. The van der Waals surface area contributed by atoms with Gasteiger partial charge < -0.3 is 14.8 Å². The first-order valence-corrected chi connectivity index (χ1v) is 6.88. The van der Waals surface area contributed by atoms with Crippen molar-refractivity contribution in [1.29, 1.82) is 0 Å². The first-order valence-electron chi connectivity index (χ1n) is 6.50. The van der Waals surface area contributed by atoms with Gasteiger partial charge in [-0.05, 0) is 32.2 Å². The number of ether oxygens (including phenoxy) is 2. The second kappa shape index (κ2) is 6.74. The molecule has 1 aromatic carbocycles. The molecule has 0 aliphatic rings. The third-order valence-corrected chi connectivity index (χ3v) is 3.24. The van der Waals surface area contributed by atoms with Crippen LogP contribution in [0.1, 0.15) is 11.4 Å². The molecular weight excluding hydrogens is 290 g/mol. The number of hydrogen-bond acceptors (Lipinski definition) is 5. The van der Waals surface area contributed by atoms with Crippen LogP contribution in [0.5, 0.6) is 11.5 Å². The first-order chi connectivity index (χ1) is 10.1. The lowest BCUT2D eigenvalue weighted by molar-refractivity contribution is 0.355. The van der Waals surface area contributed by atoms with E-state index < -0.39 is 0 Å². The Balaban J connectivity index is 2.53. The van der Waals surface area contributed by atoms with Crippen molar-refractivity contribution in [3.8, 4) is 22.9 Å². The van der Waals surface area contributed by atoms with Gasteiger partial charge in [0, 0.05) is 17.8 Å². The average Bonchev–Trinajstić information content (AvgIpc) is 2.46. The first kappa shape index (κ1) is 15.5. The molecule has 0 bridgehead atoms. The molecule has 6 heteroatoms. The molecule has 2 rings (SSSR count). The molecule has 1 N–H and O–H groups in total. The van der Waals surface area contributed by atoms with Crippen molar-refractivity contribution in [1.82, 2.24) is 15.3 Å². The number of benzene rings is 1. The Bertz CT molecular complexity index is 647. The van der Waals surface area contributed by atoms with Gasteiger partial charge in [-0.1, -0.05) is 11.6 Å². The van der Waals surface area contributed by atoms with Crippen molar-refractivity contribution in [2.75, 3.05) is 21.3 Å². The van der Waals surface area contributed by atoms with E-state index in [-0.39, 0.29) is 0 Å². The summed E-state index contributed by atoms with van der Waals surface area (Å²) >= 11 is 6.23. The zero-order valence-electron chi connectivity index (χ0n) is 12.5. The topological polar surface area (TPSA) is 56.3 Å². The van der Waals surface area contributed by atoms with Gasteiger partial charge in [0.05, 0.1) is 24.9 Å². The lowest BCUT2D eigenvalue weighted by Gasteiger charge is -2.12. The second-order valence-electron chi connectivity index (χ2n) is 4.55. The minimum Gasteiger partial charge on any atom is -0.493 e. The van der Waals surface area contributed by atoms with Crippen LogP contribution in [0.25, 0.3) is 11.4 Å². The van der Waals surface area contributed by atoms with Crippen molar-refractivity contribution in [3.05, 3.63) is 34.6 Å². The van der Waals surface area contributed by atoms with Crippen molar-refractivity contribution in [2.24, 2.45) is 0 Å². The van der Waals surface area contributed by atoms with Crippen LogP contribution in [0.2, 0.25) is 5.02 Å². The Kier molecular flexibility index (Phi) is 4.98. The third-order valence-electron chi connectivity index (χ3n) is 2.96. The van der Waals surface area contributed by atoms with Crippen LogP contribution in [0.3, 0.4) is 0 Å². The number of nitrogens with zero attached hydrogens (tertiary/aromatic N) is 2. The zero-order valence-corrected chi connectivity index (χ0v) is 13.3. The summed E-state index contributed by atoms with van der Waals surface area (Å²) in [4.78, 5) is 9.00. The van der Waals surface area contributed by atoms with Crippen molar-refractivity contribution in [3.63, 3.8) is 0 Å². The maximum absolute atomic E-state index is 6.23. The quantitative estimate of drug-likeness (QED) is 0.920. The molecule has 1 heterocycles. The minimum atomic E-state index is 0.465. The molecule has 0 aliphatic carbocycles. The highest BCUT2D eigenvalue weighted by Gasteiger charge is 2.14. The van der Waals surface area contributed by atoms with Gasteiger partial charge in [0.15, 0.2) is 17.3 Å². The Hall–Kier alpha value is -1.85. The number of halogens is 1. The van der Waals surface area contributed by atoms with Gasteiger partial charge in [0.1, 0.15) is 0 Å². The van der Waals surface area contributed by atoms with Gasteiger partial charge in [0.2, 0.25) is 0 Å². The van der Waals surface area contributed by atoms with Crippen LogP contribution in [-0.2, 0) is 6.54 Å². The molecule has 0 atom stereocenters. The van der Waals surface area contributed by atoms with E-state index in [0.29, 0.717) is 28.9 Å². The number of hydrogen-bond donors (Lipinski definition) is 1. The maximum atomic E-state index is 6.23. The van der Waals surface area contributed by atoms with Crippen molar-refractivity contribution >= 4 is 11.6 Å². The van der Waals surface area contributed by atoms with Crippen LogP contribution in [-0.4, -0.2) is 31.2 Å². The standard InChI is InChI=1S/C15H18ClN3O2/c1-9-5-11(8-17-2)19-15(18-9)10-6-12(16)14(21-4)13(7-10)20-3/h5-7,17H,8H2,1-4H3. The molecule has 0 spiro atoms. The summed E-state index contributed by atoms with van der Waals surface area (Å²) in [6.07, 6.45) is 0. The van der Waals surface area contributed by atoms with E-state index in [1.165, 1.54) is 0 Å². The van der Waals surface area contributed by atoms with Gasteiger partial charge in [-0.15, -0.1) is 0 Å². The highest BCUT2D eigenvalue weighted by Crippen LogP contribution is 2.38. The van der Waals surface area contributed by atoms with Crippen LogP contribution in [0.15, 0.2) is 18.2 Å². The zero-order chi connectivity index (χ0) is 15.4. The van der Waals surface area contributed by atoms with E-state index in [1.807, 2.05) is 26.1 Å². The maximum Gasteiger partial charge on any atom is 0.179 e. The Labute approximate surface area is 129 Å². The Morgan fingerprint density at radius 2 is 1.90 bits per heavy atom. The van der Waals surface area contributed by atoms with E-state index in [0.717, 1.165) is 17.0 Å². The number of nitrogens with one attached hydrogen (secondary N) is 1. The second-order valence-corrected chi connectivity index (χ2v) is 4.96. The molecular formula is C15H18ClN3O2. The lowest BCUT2D eigenvalue weighted by Crippen LogP contribution is -2.08. The molecule has 5 nitrogen and oxygen atoms in total. The van der Waals surface area contributed by atoms with Crippen LogP contribution >= 0.6 is 11.6 Å². The van der Waals surface area contributed by atoms with Crippen LogP contribution in [0, 0.1) is 6.92 Å². The average molecular weight is 308 g/mol. The third kappa shape index (κ3) is 3.43. The van der Waals surface area contributed by atoms with E-state index in [2.05, 4.69) is 15.3 Å². The van der Waals surface area contributed by atoms with Crippen molar-refractivity contribution < 1.29 is 9.47 Å². The molecule has 0 saturated heterocycles. The molecule has 0 aliphatic heterocycles. The summed E-state index contributed by atoms with van der Waals surface area (Å²) in [7, 11) is 5.00. The highest BCUT2D eigenvalue weighted by molar-refractivity contribution is 6.32. The summed E-state index contributed by atoms with van der Waals surface area (Å²) in [5.41, 5.74) is 2.61.